The molecule has 4 N–H and O–H groups in total. The standard InChI is InChI=1S/C11H20N6O2/c1-6(2)19-11-16-9(13-4)15-10(17-11)14-7(3)5-8(12)18/h6-7H,5H2,1-4H3,(H2,12,18)(H2,13,14,15,16,17). The number of nitrogens with two attached hydrogens (primary N) is 1. The van der Waals surface area contributed by atoms with Gasteiger partial charge < -0.3 is 21.1 Å². The Morgan fingerprint density at radius 2 is 1.89 bits per heavy atom. The Labute approximate surface area is 112 Å². The van der Waals surface area contributed by atoms with Crippen LogP contribution in [0.3, 0.4) is 0 Å². The number of anilines is 2. The van der Waals surface area contributed by atoms with E-state index in [0.717, 1.165) is 0 Å². The van der Waals surface area contributed by atoms with Crippen LogP contribution in [-0.2, 0) is 4.79 Å². The van der Waals surface area contributed by atoms with E-state index in [1.54, 1.807) is 7.05 Å². The molecule has 1 aromatic heterocycles. The van der Waals surface area contributed by atoms with Gasteiger partial charge in [0, 0.05) is 19.5 Å². The highest BCUT2D eigenvalue weighted by molar-refractivity contribution is 5.74. The predicted molar refractivity (Wildman–Crippen MR) is 72.0 cm³/mol. The number of rotatable bonds is 7. The third kappa shape index (κ3) is 5.36. The number of amides is 1. The molecule has 0 aromatic carbocycles. The van der Waals surface area contributed by atoms with Crippen molar-refractivity contribution in [2.75, 3.05) is 17.7 Å². The van der Waals surface area contributed by atoms with Gasteiger partial charge in [0.2, 0.25) is 17.8 Å². The maximum atomic E-state index is 10.8. The Kier molecular flexibility index (Phi) is 5.28. The highest BCUT2D eigenvalue weighted by atomic mass is 16.5. The van der Waals surface area contributed by atoms with Crippen LogP contribution in [0, 0.1) is 0 Å². The van der Waals surface area contributed by atoms with Gasteiger partial charge in [-0.05, 0) is 20.8 Å². The van der Waals surface area contributed by atoms with Gasteiger partial charge in [0.05, 0.1) is 6.10 Å². The topological polar surface area (TPSA) is 115 Å². The van der Waals surface area contributed by atoms with Crippen LogP contribution < -0.4 is 21.1 Å². The second-order valence-corrected chi connectivity index (χ2v) is 4.40. The first-order valence-electron chi connectivity index (χ1n) is 6.06. The molecule has 1 amide bonds. The molecule has 0 aliphatic carbocycles. The van der Waals surface area contributed by atoms with E-state index in [0.29, 0.717) is 11.9 Å². The second-order valence-electron chi connectivity index (χ2n) is 4.40. The predicted octanol–water partition coefficient (Wildman–Crippen LogP) is 0.376. The number of ether oxygens (including phenoxy) is 1. The SMILES string of the molecule is CNc1nc(NC(C)CC(N)=O)nc(OC(C)C)n1. The number of nitrogens with zero attached hydrogens (tertiary/aromatic N) is 3. The van der Waals surface area contributed by atoms with Crippen molar-refractivity contribution in [3.8, 4) is 6.01 Å². The van der Waals surface area contributed by atoms with Crippen LogP contribution in [0.15, 0.2) is 0 Å². The van der Waals surface area contributed by atoms with Crippen LogP contribution in [0.25, 0.3) is 0 Å². The molecule has 106 valence electrons. The Morgan fingerprint density at radius 1 is 1.26 bits per heavy atom. The Balaban J connectivity index is 2.84. The van der Waals surface area contributed by atoms with Crippen LogP contribution in [-0.4, -0.2) is 40.1 Å². The maximum Gasteiger partial charge on any atom is 0.323 e. The molecular formula is C11H20N6O2. The lowest BCUT2D eigenvalue weighted by atomic mass is 10.2. The molecule has 19 heavy (non-hydrogen) atoms. The van der Waals surface area contributed by atoms with E-state index in [4.69, 9.17) is 10.5 Å². The number of hydrogen-bond acceptors (Lipinski definition) is 7. The highest BCUT2D eigenvalue weighted by Gasteiger charge is 2.11. The molecule has 1 heterocycles. The van der Waals surface area contributed by atoms with E-state index in [9.17, 15) is 4.79 Å². The van der Waals surface area contributed by atoms with E-state index >= 15 is 0 Å². The Morgan fingerprint density at radius 3 is 2.42 bits per heavy atom. The minimum atomic E-state index is -0.387. The summed E-state index contributed by atoms with van der Waals surface area (Å²) in [6, 6.07) is 0.0552. The van der Waals surface area contributed by atoms with Gasteiger partial charge in [-0.25, -0.2) is 0 Å². The second kappa shape index (κ2) is 6.72. The molecule has 1 rings (SSSR count). The van der Waals surface area contributed by atoms with Crippen LogP contribution in [0.2, 0.25) is 0 Å². The van der Waals surface area contributed by atoms with Crippen molar-refractivity contribution in [1.29, 1.82) is 0 Å². The minimum absolute atomic E-state index is 0.0389. The molecule has 0 fully saturated rings. The van der Waals surface area contributed by atoms with Crippen LogP contribution in [0.1, 0.15) is 27.2 Å². The van der Waals surface area contributed by atoms with Gasteiger partial charge in [0.1, 0.15) is 0 Å². The van der Waals surface area contributed by atoms with E-state index in [1.165, 1.54) is 0 Å². The molecular weight excluding hydrogens is 248 g/mol. The summed E-state index contributed by atoms with van der Waals surface area (Å²) in [4.78, 5) is 23.2. The molecule has 8 nitrogen and oxygen atoms in total. The molecule has 0 aliphatic heterocycles. The summed E-state index contributed by atoms with van der Waals surface area (Å²) in [6.45, 7) is 5.58. The van der Waals surface area contributed by atoms with Crippen molar-refractivity contribution in [1.82, 2.24) is 15.0 Å². The zero-order valence-electron chi connectivity index (χ0n) is 11.6. The summed E-state index contributed by atoms with van der Waals surface area (Å²) in [7, 11) is 1.70. The zero-order valence-corrected chi connectivity index (χ0v) is 11.6. The molecule has 0 radical (unpaired) electrons. The van der Waals surface area contributed by atoms with Crippen molar-refractivity contribution in [3.05, 3.63) is 0 Å². The average Bonchev–Trinajstić information content (AvgIpc) is 2.26. The number of carbonyl (C=O) groups is 1. The van der Waals surface area contributed by atoms with Crippen molar-refractivity contribution < 1.29 is 9.53 Å². The zero-order chi connectivity index (χ0) is 14.4. The van der Waals surface area contributed by atoms with E-state index < -0.39 is 0 Å². The molecule has 0 aliphatic rings. The quantitative estimate of drug-likeness (QED) is 0.654. The van der Waals surface area contributed by atoms with E-state index in [1.807, 2.05) is 20.8 Å². The lowest BCUT2D eigenvalue weighted by Gasteiger charge is -2.14. The van der Waals surface area contributed by atoms with E-state index in [-0.39, 0.29) is 30.5 Å². The lowest BCUT2D eigenvalue weighted by molar-refractivity contribution is -0.118. The summed E-state index contributed by atoms with van der Waals surface area (Å²) in [6.07, 6.45) is 0.156. The van der Waals surface area contributed by atoms with Gasteiger partial charge >= 0.3 is 6.01 Å². The van der Waals surface area contributed by atoms with Crippen LogP contribution in [0.5, 0.6) is 6.01 Å². The monoisotopic (exact) mass is 268 g/mol. The summed E-state index contributed by atoms with van der Waals surface area (Å²) >= 11 is 0. The van der Waals surface area contributed by atoms with Gasteiger partial charge in [-0.3, -0.25) is 4.79 Å². The van der Waals surface area contributed by atoms with Crippen molar-refractivity contribution in [3.63, 3.8) is 0 Å². The van der Waals surface area contributed by atoms with Crippen molar-refractivity contribution in [2.24, 2.45) is 5.73 Å². The number of nitrogens with one attached hydrogen (secondary N) is 2. The summed E-state index contributed by atoms with van der Waals surface area (Å²) < 4.78 is 5.43. The summed E-state index contributed by atoms with van der Waals surface area (Å²) in [5.74, 6) is 0.338. The van der Waals surface area contributed by atoms with Gasteiger partial charge in [-0.2, -0.15) is 15.0 Å². The Bertz CT molecular complexity index is 437. The first kappa shape index (κ1) is 14.9. The molecule has 0 spiro atoms. The van der Waals surface area contributed by atoms with Gasteiger partial charge in [-0.15, -0.1) is 0 Å². The van der Waals surface area contributed by atoms with Crippen molar-refractivity contribution in [2.45, 2.75) is 39.3 Å². The smallest absolute Gasteiger partial charge is 0.323 e. The first-order chi connectivity index (χ1) is 8.90. The lowest BCUT2D eigenvalue weighted by Crippen LogP contribution is -2.25. The molecule has 1 unspecified atom stereocenters. The molecule has 0 bridgehead atoms. The molecule has 1 atom stereocenters. The molecule has 0 saturated carbocycles. The third-order valence-electron chi connectivity index (χ3n) is 2.06. The number of hydrogen-bond donors (Lipinski definition) is 3. The third-order valence-corrected chi connectivity index (χ3v) is 2.06. The van der Waals surface area contributed by atoms with E-state index in [2.05, 4.69) is 25.6 Å². The first-order valence-corrected chi connectivity index (χ1v) is 6.06. The fourth-order valence-electron chi connectivity index (χ4n) is 1.37. The summed E-state index contributed by atoms with van der Waals surface area (Å²) in [5, 5.41) is 5.80. The minimum Gasteiger partial charge on any atom is -0.461 e. The fraction of sp³-hybridized carbons (Fsp3) is 0.636. The van der Waals surface area contributed by atoms with Gasteiger partial charge in [0.25, 0.3) is 0 Å². The Hall–Kier alpha value is -2.12. The fourth-order valence-corrected chi connectivity index (χ4v) is 1.37. The van der Waals surface area contributed by atoms with Crippen LogP contribution >= 0.6 is 0 Å². The molecule has 8 heteroatoms. The maximum absolute atomic E-state index is 10.8. The van der Waals surface area contributed by atoms with Gasteiger partial charge in [-0.1, -0.05) is 0 Å². The highest BCUT2D eigenvalue weighted by Crippen LogP contribution is 2.13. The number of aromatic nitrogens is 3. The summed E-state index contributed by atoms with van der Waals surface area (Å²) in [5.41, 5.74) is 5.13. The molecule has 1 aromatic rings. The normalized spacial score (nSPS) is 12.1. The molecule has 0 saturated heterocycles. The van der Waals surface area contributed by atoms with Gasteiger partial charge in [0.15, 0.2) is 0 Å². The van der Waals surface area contributed by atoms with Crippen molar-refractivity contribution >= 4 is 17.8 Å². The number of primary amides is 1. The van der Waals surface area contributed by atoms with Crippen LogP contribution in [0.4, 0.5) is 11.9 Å². The average molecular weight is 268 g/mol. The largest absolute Gasteiger partial charge is 0.461 e. The number of carbonyl (C=O) groups excluding carboxylic acids is 1.